The molecule has 0 aromatic carbocycles. The van der Waals surface area contributed by atoms with Gasteiger partial charge in [-0.25, -0.2) is 9.78 Å². The number of fused-ring (bicyclic) bond motifs is 1. The number of hydrogen-bond donors (Lipinski definition) is 3. The molecular formula is C16H20N4O4. The molecule has 128 valence electrons. The Balaban J connectivity index is 1.72. The molecule has 1 aliphatic rings. The zero-order chi connectivity index (χ0) is 16.9. The highest BCUT2D eigenvalue weighted by atomic mass is 16.5. The molecule has 1 atom stereocenters. The van der Waals surface area contributed by atoms with Crippen molar-refractivity contribution in [3.05, 3.63) is 28.6 Å². The van der Waals surface area contributed by atoms with E-state index in [-0.39, 0.29) is 22.7 Å². The van der Waals surface area contributed by atoms with Crippen molar-refractivity contribution in [3.63, 3.8) is 0 Å². The third kappa shape index (κ3) is 3.65. The van der Waals surface area contributed by atoms with Gasteiger partial charge < -0.3 is 25.1 Å². The van der Waals surface area contributed by atoms with Gasteiger partial charge >= 0.3 is 6.03 Å². The molecule has 1 saturated heterocycles. The Bertz CT molecular complexity index is 783. The van der Waals surface area contributed by atoms with E-state index in [1.807, 2.05) is 6.92 Å². The van der Waals surface area contributed by atoms with Crippen LogP contribution in [-0.4, -0.2) is 41.9 Å². The van der Waals surface area contributed by atoms with Crippen LogP contribution in [0.25, 0.3) is 11.0 Å². The van der Waals surface area contributed by atoms with Gasteiger partial charge in [-0.15, -0.1) is 0 Å². The fraction of sp³-hybridized carbons (Fsp3) is 0.438. The number of urea groups is 1. The SMILES string of the molecule is CCOc1ccc2[nH]cc(NC(=O)NC[C@@H]3CCCO3)c(=O)c2n1. The Morgan fingerprint density at radius 3 is 3.12 bits per heavy atom. The number of anilines is 1. The second-order valence-electron chi connectivity index (χ2n) is 5.48. The maximum Gasteiger partial charge on any atom is 0.319 e. The van der Waals surface area contributed by atoms with Gasteiger partial charge in [0.2, 0.25) is 11.3 Å². The van der Waals surface area contributed by atoms with Crippen LogP contribution in [0.1, 0.15) is 19.8 Å². The normalized spacial score (nSPS) is 17.0. The van der Waals surface area contributed by atoms with Gasteiger partial charge in [-0.05, 0) is 25.8 Å². The van der Waals surface area contributed by atoms with Crippen LogP contribution in [0.4, 0.5) is 10.5 Å². The quantitative estimate of drug-likeness (QED) is 0.771. The van der Waals surface area contributed by atoms with E-state index in [1.165, 1.54) is 6.20 Å². The number of amides is 2. The molecular weight excluding hydrogens is 312 g/mol. The number of pyridine rings is 2. The van der Waals surface area contributed by atoms with E-state index in [0.29, 0.717) is 24.5 Å². The van der Waals surface area contributed by atoms with Crippen molar-refractivity contribution < 1.29 is 14.3 Å². The number of nitrogens with one attached hydrogen (secondary N) is 3. The minimum atomic E-state index is -0.448. The average Bonchev–Trinajstić information content (AvgIpc) is 3.10. The molecule has 1 fully saturated rings. The van der Waals surface area contributed by atoms with Gasteiger partial charge in [0.05, 0.1) is 18.2 Å². The van der Waals surface area contributed by atoms with Crippen LogP contribution in [-0.2, 0) is 4.74 Å². The fourth-order valence-electron chi connectivity index (χ4n) is 2.57. The lowest BCUT2D eigenvalue weighted by Crippen LogP contribution is -2.36. The lowest BCUT2D eigenvalue weighted by atomic mass is 10.2. The minimum absolute atomic E-state index is 0.0426. The first-order chi connectivity index (χ1) is 11.7. The van der Waals surface area contributed by atoms with E-state index < -0.39 is 6.03 Å². The van der Waals surface area contributed by atoms with Gasteiger partial charge in [-0.1, -0.05) is 0 Å². The third-order valence-corrected chi connectivity index (χ3v) is 3.76. The fourth-order valence-corrected chi connectivity index (χ4v) is 2.57. The Labute approximate surface area is 138 Å². The summed E-state index contributed by atoms with van der Waals surface area (Å²) in [4.78, 5) is 31.6. The molecule has 3 heterocycles. The summed E-state index contributed by atoms with van der Waals surface area (Å²) < 4.78 is 10.7. The zero-order valence-corrected chi connectivity index (χ0v) is 13.4. The van der Waals surface area contributed by atoms with E-state index in [1.54, 1.807) is 12.1 Å². The molecule has 3 rings (SSSR count). The van der Waals surface area contributed by atoms with Gasteiger partial charge in [0.25, 0.3) is 0 Å². The topological polar surface area (TPSA) is 105 Å². The average molecular weight is 332 g/mol. The molecule has 1 aliphatic heterocycles. The third-order valence-electron chi connectivity index (χ3n) is 3.76. The number of ether oxygens (including phenoxy) is 2. The molecule has 0 radical (unpaired) electrons. The Hall–Kier alpha value is -2.61. The summed E-state index contributed by atoms with van der Waals surface area (Å²) in [5.41, 5.74) is 0.567. The molecule has 0 unspecified atom stereocenters. The van der Waals surface area contributed by atoms with Gasteiger partial charge in [-0.2, -0.15) is 0 Å². The van der Waals surface area contributed by atoms with Gasteiger partial charge in [-0.3, -0.25) is 4.79 Å². The number of carbonyl (C=O) groups is 1. The number of rotatable bonds is 5. The Kier molecular flexibility index (Phi) is 4.95. The lowest BCUT2D eigenvalue weighted by Gasteiger charge is -2.11. The van der Waals surface area contributed by atoms with Crippen molar-refractivity contribution in [2.45, 2.75) is 25.9 Å². The van der Waals surface area contributed by atoms with Crippen molar-refractivity contribution in [1.29, 1.82) is 0 Å². The lowest BCUT2D eigenvalue weighted by molar-refractivity contribution is 0.112. The van der Waals surface area contributed by atoms with Crippen LogP contribution in [0.15, 0.2) is 23.1 Å². The van der Waals surface area contributed by atoms with Crippen LogP contribution in [0.2, 0.25) is 0 Å². The summed E-state index contributed by atoms with van der Waals surface area (Å²) in [5, 5.41) is 5.25. The zero-order valence-electron chi connectivity index (χ0n) is 13.4. The molecule has 0 aliphatic carbocycles. The molecule has 2 aromatic heterocycles. The molecule has 0 bridgehead atoms. The molecule has 2 amide bonds. The van der Waals surface area contributed by atoms with Gasteiger partial charge in [0.15, 0.2) is 0 Å². The van der Waals surface area contributed by atoms with Crippen molar-refractivity contribution in [2.24, 2.45) is 0 Å². The summed E-state index contributed by atoms with van der Waals surface area (Å²) in [5.74, 6) is 0.371. The molecule has 2 aromatic rings. The first-order valence-corrected chi connectivity index (χ1v) is 7.99. The smallest absolute Gasteiger partial charge is 0.319 e. The molecule has 0 spiro atoms. The largest absolute Gasteiger partial charge is 0.478 e. The van der Waals surface area contributed by atoms with Crippen LogP contribution in [0.3, 0.4) is 0 Å². The summed E-state index contributed by atoms with van der Waals surface area (Å²) in [7, 11) is 0. The summed E-state index contributed by atoms with van der Waals surface area (Å²) in [6.45, 7) is 3.45. The molecule has 8 heteroatoms. The van der Waals surface area contributed by atoms with Crippen LogP contribution >= 0.6 is 0 Å². The van der Waals surface area contributed by atoms with E-state index >= 15 is 0 Å². The maximum absolute atomic E-state index is 12.5. The summed E-state index contributed by atoms with van der Waals surface area (Å²) in [6.07, 6.45) is 3.44. The molecule has 8 nitrogen and oxygen atoms in total. The number of H-pyrrole nitrogens is 1. The van der Waals surface area contributed by atoms with E-state index in [2.05, 4.69) is 20.6 Å². The molecule has 24 heavy (non-hydrogen) atoms. The van der Waals surface area contributed by atoms with Crippen molar-refractivity contribution >= 4 is 22.8 Å². The first-order valence-electron chi connectivity index (χ1n) is 7.99. The predicted molar refractivity (Wildman–Crippen MR) is 89.5 cm³/mol. The molecule has 3 N–H and O–H groups in total. The van der Waals surface area contributed by atoms with Crippen LogP contribution in [0, 0.1) is 0 Å². The standard InChI is InChI=1S/C16H20N4O4/c1-2-23-13-6-5-11-14(20-13)15(21)12(9-17-11)19-16(22)18-8-10-4-3-7-24-10/h5-6,9-10H,2-4,7-8H2,1H3,(H,17,21)(H2,18,19,22)/t10-/m0/s1. The highest BCUT2D eigenvalue weighted by Crippen LogP contribution is 2.14. The van der Waals surface area contributed by atoms with E-state index in [4.69, 9.17) is 9.47 Å². The Morgan fingerprint density at radius 2 is 2.38 bits per heavy atom. The number of nitrogens with zero attached hydrogens (tertiary/aromatic N) is 1. The first kappa shape index (κ1) is 16.3. The van der Waals surface area contributed by atoms with Crippen molar-refractivity contribution in [2.75, 3.05) is 25.1 Å². The number of aromatic nitrogens is 2. The highest BCUT2D eigenvalue weighted by molar-refractivity contribution is 5.91. The second-order valence-corrected chi connectivity index (χ2v) is 5.48. The van der Waals surface area contributed by atoms with Crippen molar-refractivity contribution in [1.82, 2.24) is 15.3 Å². The van der Waals surface area contributed by atoms with Gasteiger partial charge in [0, 0.05) is 25.4 Å². The molecule has 0 saturated carbocycles. The predicted octanol–water partition coefficient (Wildman–Crippen LogP) is 1.62. The monoisotopic (exact) mass is 332 g/mol. The summed E-state index contributed by atoms with van der Waals surface area (Å²) >= 11 is 0. The highest BCUT2D eigenvalue weighted by Gasteiger charge is 2.17. The summed E-state index contributed by atoms with van der Waals surface area (Å²) in [6, 6.07) is 2.95. The maximum atomic E-state index is 12.5. The Morgan fingerprint density at radius 1 is 1.50 bits per heavy atom. The van der Waals surface area contributed by atoms with Crippen LogP contribution in [0.5, 0.6) is 5.88 Å². The number of carbonyl (C=O) groups excluding carboxylic acids is 1. The minimum Gasteiger partial charge on any atom is -0.478 e. The van der Waals surface area contributed by atoms with Crippen LogP contribution < -0.4 is 20.8 Å². The second kappa shape index (κ2) is 7.31. The van der Waals surface area contributed by atoms with E-state index in [0.717, 1.165) is 19.4 Å². The number of hydrogen-bond acceptors (Lipinski definition) is 5. The number of aromatic amines is 1. The van der Waals surface area contributed by atoms with Gasteiger partial charge in [0.1, 0.15) is 11.2 Å². The van der Waals surface area contributed by atoms with Crippen molar-refractivity contribution in [3.8, 4) is 5.88 Å². The van der Waals surface area contributed by atoms with E-state index in [9.17, 15) is 9.59 Å².